The number of ketones is 1. The Bertz CT molecular complexity index is 1190. The van der Waals surface area contributed by atoms with Gasteiger partial charge in [0, 0.05) is 28.7 Å². The number of aromatic nitrogens is 1. The summed E-state index contributed by atoms with van der Waals surface area (Å²) in [6.07, 6.45) is 1.59. The van der Waals surface area contributed by atoms with Crippen molar-refractivity contribution < 1.29 is 9.21 Å². The van der Waals surface area contributed by atoms with Crippen LogP contribution in [0.4, 0.5) is 0 Å². The molecule has 130 valence electrons. The van der Waals surface area contributed by atoms with Crippen LogP contribution in [0.25, 0.3) is 22.1 Å². The Morgan fingerprint density at radius 2 is 1.93 bits per heavy atom. The fraction of sp³-hybridized carbons (Fsp3) is 0.143. The van der Waals surface area contributed by atoms with Crippen LogP contribution in [0.2, 0.25) is 0 Å². The summed E-state index contributed by atoms with van der Waals surface area (Å²) in [5.41, 5.74) is 2.17. The van der Waals surface area contributed by atoms with Gasteiger partial charge in [-0.25, -0.2) is 4.98 Å². The number of allylic oxidation sites excluding steroid dienone is 3. The molecule has 0 aliphatic heterocycles. The van der Waals surface area contributed by atoms with E-state index in [1.165, 1.54) is 0 Å². The molecule has 0 saturated carbocycles. The molecule has 0 radical (unpaired) electrons. The number of thiazole rings is 1. The zero-order valence-electron chi connectivity index (χ0n) is 14.6. The normalized spacial score (nSPS) is 14.6. The molecule has 0 atom stereocenters. The smallest absolute Gasteiger partial charge is 0.237 e. The van der Waals surface area contributed by atoms with Crippen LogP contribution >= 0.6 is 11.3 Å². The number of hydrogen-bond acceptors (Lipinski definition) is 6. The Balaban J connectivity index is 1.88. The molecular weight excluding hydrogens is 358 g/mol. The van der Waals surface area contributed by atoms with E-state index >= 15 is 0 Å². The van der Waals surface area contributed by atoms with Gasteiger partial charge in [-0.1, -0.05) is 38.1 Å². The zero-order valence-corrected chi connectivity index (χ0v) is 15.4. The molecule has 1 aliphatic rings. The lowest BCUT2D eigenvalue weighted by atomic mass is 9.99. The summed E-state index contributed by atoms with van der Waals surface area (Å²) in [4.78, 5) is 17.3. The van der Waals surface area contributed by atoms with Crippen molar-refractivity contribution in [2.24, 2.45) is 0 Å². The summed E-state index contributed by atoms with van der Waals surface area (Å²) >= 11 is 1.55. The number of rotatable bonds is 2. The first-order valence-corrected chi connectivity index (χ1v) is 9.16. The third-order valence-corrected chi connectivity index (χ3v) is 5.62. The monoisotopic (exact) mass is 371 g/mol. The average Bonchev–Trinajstić information content (AvgIpc) is 3.29. The standard InChI is InChI=1S/C21H13N3O2S/c1-11(2)21-24-20-17(27-21)8-13(26-20)7-16-18(12(9-22)10-23)14-5-3-4-6-15(14)19(16)25/h3-8,11H,1-2H3/b16-7-. The predicted octanol–water partition coefficient (Wildman–Crippen LogP) is 5.09. The highest BCUT2D eigenvalue weighted by atomic mass is 32.1. The molecule has 0 saturated heterocycles. The summed E-state index contributed by atoms with van der Waals surface area (Å²) in [6.45, 7) is 4.13. The van der Waals surface area contributed by atoms with Gasteiger partial charge in [-0.15, -0.1) is 11.3 Å². The fourth-order valence-corrected chi connectivity index (χ4v) is 4.02. The number of carbonyl (C=O) groups is 1. The maximum Gasteiger partial charge on any atom is 0.237 e. The van der Waals surface area contributed by atoms with E-state index in [1.807, 2.05) is 18.2 Å². The number of carbonyl (C=O) groups excluding carboxylic acids is 1. The van der Waals surface area contributed by atoms with Crippen LogP contribution in [0.5, 0.6) is 0 Å². The lowest BCUT2D eigenvalue weighted by Gasteiger charge is -2.00. The average molecular weight is 371 g/mol. The van der Waals surface area contributed by atoms with Gasteiger partial charge in [0.1, 0.15) is 23.5 Å². The largest absolute Gasteiger partial charge is 0.437 e. The Kier molecular flexibility index (Phi) is 3.99. The van der Waals surface area contributed by atoms with Gasteiger partial charge in [-0.2, -0.15) is 10.5 Å². The fourth-order valence-electron chi connectivity index (χ4n) is 3.08. The molecular formula is C21H13N3O2S. The predicted molar refractivity (Wildman–Crippen MR) is 103 cm³/mol. The van der Waals surface area contributed by atoms with E-state index in [4.69, 9.17) is 4.42 Å². The van der Waals surface area contributed by atoms with Crippen molar-refractivity contribution in [3.63, 3.8) is 0 Å². The molecule has 5 nitrogen and oxygen atoms in total. The second-order valence-electron chi connectivity index (χ2n) is 6.43. The first kappa shape index (κ1) is 17.0. The van der Waals surface area contributed by atoms with Crippen LogP contribution in [0.15, 0.2) is 45.9 Å². The van der Waals surface area contributed by atoms with Crippen molar-refractivity contribution in [3.05, 3.63) is 63.4 Å². The van der Waals surface area contributed by atoms with Crippen molar-refractivity contribution in [2.75, 3.05) is 0 Å². The topological polar surface area (TPSA) is 90.7 Å². The summed E-state index contributed by atoms with van der Waals surface area (Å²) in [5, 5.41) is 19.7. The molecule has 0 spiro atoms. The van der Waals surface area contributed by atoms with Crippen LogP contribution in [0, 0.1) is 22.7 Å². The van der Waals surface area contributed by atoms with Gasteiger partial charge < -0.3 is 4.42 Å². The third-order valence-electron chi connectivity index (χ3n) is 4.33. The van der Waals surface area contributed by atoms with Crippen molar-refractivity contribution in [1.29, 1.82) is 10.5 Å². The van der Waals surface area contributed by atoms with E-state index in [9.17, 15) is 15.3 Å². The van der Waals surface area contributed by atoms with Gasteiger partial charge in [0.05, 0.1) is 9.71 Å². The van der Waals surface area contributed by atoms with Gasteiger partial charge >= 0.3 is 0 Å². The van der Waals surface area contributed by atoms with Gasteiger partial charge in [-0.05, 0) is 11.6 Å². The SMILES string of the molecule is CC(C)c1nc2oc(/C=C3\C(=O)c4ccccc4C3=C(C#N)C#N)cc2s1. The summed E-state index contributed by atoms with van der Waals surface area (Å²) in [6, 6.07) is 12.6. The molecule has 0 fully saturated rings. The van der Waals surface area contributed by atoms with Crippen LogP contribution in [-0.4, -0.2) is 10.8 Å². The number of hydrogen-bond donors (Lipinski definition) is 0. The Morgan fingerprint density at radius 1 is 1.22 bits per heavy atom. The molecule has 2 aromatic heterocycles. The number of furan rings is 1. The molecule has 0 N–H and O–H groups in total. The van der Waals surface area contributed by atoms with E-state index < -0.39 is 0 Å². The maximum atomic E-state index is 12.9. The summed E-state index contributed by atoms with van der Waals surface area (Å²) in [5.74, 6) is 0.566. The number of fused-ring (bicyclic) bond motifs is 2. The number of nitriles is 2. The van der Waals surface area contributed by atoms with Crippen LogP contribution in [-0.2, 0) is 0 Å². The second-order valence-corrected chi connectivity index (χ2v) is 7.49. The minimum absolute atomic E-state index is 0.0897. The van der Waals surface area contributed by atoms with Gasteiger partial charge in [0.15, 0.2) is 5.78 Å². The minimum Gasteiger partial charge on any atom is -0.437 e. The van der Waals surface area contributed by atoms with E-state index in [2.05, 4.69) is 18.8 Å². The van der Waals surface area contributed by atoms with Gasteiger partial charge in [-0.3, -0.25) is 4.79 Å². The quantitative estimate of drug-likeness (QED) is 0.462. The Morgan fingerprint density at radius 3 is 2.56 bits per heavy atom. The number of benzene rings is 1. The Labute approximate surface area is 159 Å². The lowest BCUT2D eigenvalue weighted by molar-refractivity contribution is 0.104. The van der Waals surface area contributed by atoms with E-state index in [0.29, 0.717) is 39.7 Å². The third kappa shape index (κ3) is 2.68. The first-order chi connectivity index (χ1) is 13.0. The minimum atomic E-state index is -0.223. The van der Waals surface area contributed by atoms with Crippen molar-refractivity contribution in [2.45, 2.75) is 19.8 Å². The molecule has 4 rings (SSSR count). The second kappa shape index (κ2) is 6.35. The van der Waals surface area contributed by atoms with Gasteiger partial charge in [0.2, 0.25) is 5.71 Å². The number of Topliss-reactive ketones (excluding diaryl/α,β-unsaturated/α-hetero) is 1. The van der Waals surface area contributed by atoms with Crippen LogP contribution in [0.1, 0.15) is 46.5 Å². The lowest BCUT2D eigenvalue weighted by Crippen LogP contribution is -1.95. The molecule has 0 amide bonds. The molecule has 6 heteroatoms. The molecule has 0 bridgehead atoms. The number of nitrogens with zero attached hydrogens (tertiary/aromatic N) is 3. The first-order valence-electron chi connectivity index (χ1n) is 8.34. The molecule has 2 heterocycles. The maximum absolute atomic E-state index is 12.9. The van der Waals surface area contributed by atoms with Crippen LogP contribution in [0.3, 0.4) is 0 Å². The van der Waals surface area contributed by atoms with Crippen molar-refractivity contribution in [1.82, 2.24) is 4.98 Å². The molecule has 1 aliphatic carbocycles. The molecule has 3 aromatic rings. The van der Waals surface area contributed by atoms with E-state index in [1.54, 1.807) is 41.7 Å². The van der Waals surface area contributed by atoms with E-state index in [0.717, 1.165) is 9.71 Å². The van der Waals surface area contributed by atoms with E-state index in [-0.39, 0.29) is 11.4 Å². The van der Waals surface area contributed by atoms with Crippen molar-refractivity contribution in [3.8, 4) is 12.1 Å². The van der Waals surface area contributed by atoms with Crippen LogP contribution < -0.4 is 0 Å². The summed E-state index contributed by atoms with van der Waals surface area (Å²) in [7, 11) is 0. The van der Waals surface area contributed by atoms with Crippen molar-refractivity contribution >= 4 is 39.2 Å². The highest BCUT2D eigenvalue weighted by Crippen LogP contribution is 2.40. The Hall–Kier alpha value is -3.48. The highest BCUT2D eigenvalue weighted by molar-refractivity contribution is 7.18. The zero-order chi connectivity index (χ0) is 19.1. The highest BCUT2D eigenvalue weighted by Gasteiger charge is 2.32. The molecule has 0 unspecified atom stereocenters. The molecule has 1 aromatic carbocycles. The summed E-state index contributed by atoms with van der Waals surface area (Å²) < 4.78 is 6.69. The van der Waals surface area contributed by atoms with Gasteiger partial charge in [0.25, 0.3) is 0 Å². The molecule has 27 heavy (non-hydrogen) atoms.